The maximum Gasteiger partial charge on any atom is 0.218 e. The molecule has 164 valence electrons. The third-order valence-electron chi connectivity index (χ3n) is 4.45. The van der Waals surface area contributed by atoms with Crippen LogP contribution in [0.1, 0.15) is 22.7 Å². The average Bonchev–Trinajstić information content (AvgIpc) is 3.48. The van der Waals surface area contributed by atoms with Gasteiger partial charge in [0.05, 0.1) is 26.0 Å². The lowest BCUT2D eigenvalue weighted by atomic mass is 10.2. The van der Waals surface area contributed by atoms with Gasteiger partial charge >= 0.3 is 0 Å². The Labute approximate surface area is 189 Å². The SMILES string of the molecule is Fc1cc(Cl)ccc1C=Cc1nc(COc2ccc(COCCn3ccnn3)cc2)co1. The highest BCUT2D eigenvalue weighted by molar-refractivity contribution is 6.30. The van der Waals surface area contributed by atoms with Crippen molar-refractivity contribution in [2.45, 2.75) is 19.8 Å². The Balaban J connectivity index is 1.22. The van der Waals surface area contributed by atoms with E-state index in [0.717, 1.165) is 5.56 Å². The molecule has 0 unspecified atom stereocenters. The topological polar surface area (TPSA) is 75.2 Å². The van der Waals surface area contributed by atoms with Gasteiger partial charge in [-0.05, 0) is 35.9 Å². The molecule has 2 aromatic heterocycles. The highest BCUT2D eigenvalue weighted by atomic mass is 35.5. The number of hydrogen-bond acceptors (Lipinski definition) is 6. The van der Waals surface area contributed by atoms with E-state index < -0.39 is 5.82 Å². The number of oxazole rings is 1. The van der Waals surface area contributed by atoms with Gasteiger partial charge < -0.3 is 13.9 Å². The Hall–Kier alpha value is -3.49. The first-order chi connectivity index (χ1) is 15.7. The van der Waals surface area contributed by atoms with Gasteiger partial charge in [-0.1, -0.05) is 35.0 Å². The van der Waals surface area contributed by atoms with E-state index in [4.69, 9.17) is 25.5 Å². The van der Waals surface area contributed by atoms with Crippen molar-refractivity contribution < 1.29 is 18.3 Å². The van der Waals surface area contributed by atoms with Gasteiger partial charge in [-0.25, -0.2) is 9.37 Å². The van der Waals surface area contributed by atoms with E-state index in [0.29, 0.717) is 47.7 Å². The Bertz CT molecular complexity index is 1160. The third-order valence-corrected chi connectivity index (χ3v) is 4.69. The lowest BCUT2D eigenvalue weighted by Gasteiger charge is -2.07. The number of halogens is 2. The van der Waals surface area contributed by atoms with Crippen molar-refractivity contribution in [3.8, 4) is 5.75 Å². The number of nitrogens with zero attached hydrogens (tertiary/aromatic N) is 4. The van der Waals surface area contributed by atoms with Crippen LogP contribution in [0.4, 0.5) is 4.39 Å². The maximum absolute atomic E-state index is 13.8. The molecule has 4 aromatic rings. The second kappa shape index (κ2) is 10.7. The minimum atomic E-state index is -0.409. The van der Waals surface area contributed by atoms with E-state index in [1.165, 1.54) is 12.3 Å². The van der Waals surface area contributed by atoms with Crippen LogP contribution in [-0.2, 0) is 24.5 Å². The van der Waals surface area contributed by atoms with Crippen LogP contribution < -0.4 is 4.74 Å². The summed E-state index contributed by atoms with van der Waals surface area (Å²) in [5, 5.41) is 7.98. The molecule has 0 spiro atoms. The summed E-state index contributed by atoms with van der Waals surface area (Å²) in [6, 6.07) is 12.1. The van der Waals surface area contributed by atoms with Crippen LogP contribution >= 0.6 is 11.6 Å². The molecule has 0 saturated heterocycles. The van der Waals surface area contributed by atoms with Gasteiger partial charge in [0, 0.05) is 22.9 Å². The predicted molar refractivity (Wildman–Crippen MR) is 117 cm³/mol. The first kappa shape index (κ1) is 21.7. The molecule has 9 heteroatoms. The standard InChI is InChI=1S/C23H20ClFN4O3/c24-19-5-3-18(22(25)13-19)4-8-23-27-20(16-32-23)15-31-21-6-1-17(2-7-21)14-30-12-11-29-10-9-26-28-29/h1-10,13,16H,11-12,14-15H2. The van der Waals surface area contributed by atoms with Crippen LogP contribution in [0.25, 0.3) is 12.2 Å². The summed E-state index contributed by atoms with van der Waals surface area (Å²) in [6.45, 7) is 1.96. The normalized spacial score (nSPS) is 11.3. The summed E-state index contributed by atoms with van der Waals surface area (Å²) in [7, 11) is 0. The highest BCUT2D eigenvalue weighted by Crippen LogP contribution is 2.18. The molecule has 0 aliphatic carbocycles. The van der Waals surface area contributed by atoms with Gasteiger partial charge in [-0.2, -0.15) is 0 Å². The number of aromatic nitrogens is 4. The Morgan fingerprint density at radius 3 is 2.75 bits per heavy atom. The molecule has 2 heterocycles. The van der Waals surface area contributed by atoms with E-state index in [1.807, 2.05) is 24.3 Å². The van der Waals surface area contributed by atoms with E-state index in [9.17, 15) is 4.39 Å². The predicted octanol–water partition coefficient (Wildman–Crippen LogP) is 5.02. The van der Waals surface area contributed by atoms with Gasteiger partial charge in [0.15, 0.2) is 0 Å². The van der Waals surface area contributed by atoms with E-state index in [-0.39, 0.29) is 6.61 Å². The zero-order valence-electron chi connectivity index (χ0n) is 17.0. The molecule has 7 nitrogen and oxygen atoms in total. The van der Waals surface area contributed by atoms with E-state index >= 15 is 0 Å². The maximum atomic E-state index is 13.8. The molecule has 0 N–H and O–H groups in total. The summed E-state index contributed by atoms with van der Waals surface area (Å²) in [6.07, 6.45) is 8.11. The largest absolute Gasteiger partial charge is 0.487 e. The van der Waals surface area contributed by atoms with Crippen LogP contribution in [0.15, 0.2) is 65.5 Å². The lowest BCUT2D eigenvalue weighted by Crippen LogP contribution is -2.06. The van der Waals surface area contributed by atoms with Crippen molar-refractivity contribution >= 4 is 23.8 Å². The van der Waals surface area contributed by atoms with Gasteiger partial charge in [0.1, 0.15) is 30.1 Å². The monoisotopic (exact) mass is 454 g/mol. The molecule has 0 saturated carbocycles. The summed E-state index contributed by atoms with van der Waals surface area (Å²) < 4.78 is 32.3. The molecular weight excluding hydrogens is 435 g/mol. The summed E-state index contributed by atoms with van der Waals surface area (Å²) in [5.41, 5.74) is 2.06. The molecule has 0 aliphatic rings. The van der Waals surface area contributed by atoms with E-state index in [2.05, 4.69) is 15.3 Å². The van der Waals surface area contributed by atoms with Crippen molar-refractivity contribution in [3.05, 3.63) is 94.7 Å². The highest BCUT2D eigenvalue weighted by Gasteiger charge is 2.05. The summed E-state index contributed by atoms with van der Waals surface area (Å²) >= 11 is 5.76. The molecule has 0 fully saturated rings. The summed E-state index contributed by atoms with van der Waals surface area (Å²) in [5.74, 6) is 0.656. The zero-order valence-corrected chi connectivity index (χ0v) is 17.8. The molecule has 0 radical (unpaired) electrons. The number of rotatable bonds is 10. The Kier molecular flexibility index (Phi) is 7.27. The van der Waals surface area contributed by atoms with Crippen molar-refractivity contribution in [1.29, 1.82) is 0 Å². The van der Waals surface area contributed by atoms with Crippen molar-refractivity contribution in [2.24, 2.45) is 0 Å². The van der Waals surface area contributed by atoms with E-state index in [1.54, 1.807) is 41.4 Å². The van der Waals surface area contributed by atoms with Crippen molar-refractivity contribution in [1.82, 2.24) is 20.0 Å². The van der Waals surface area contributed by atoms with Crippen LogP contribution in [0.5, 0.6) is 5.75 Å². The number of hydrogen-bond donors (Lipinski definition) is 0. The van der Waals surface area contributed by atoms with Crippen molar-refractivity contribution in [3.63, 3.8) is 0 Å². The second-order valence-corrected chi connectivity index (χ2v) is 7.26. The molecular formula is C23H20ClFN4O3. The van der Waals surface area contributed by atoms with Gasteiger partial charge in [0.2, 0.25) is 5.89 Å². The Morgan fingerprint density at radius 1 is 1.09 bits per heavy atom. The molecule has 0 bridgehead atoms. The van der Waals surface area contributed by atoms with Crippen LogP contribution in [0, 0.1) is 5.82 Å². The van der Waals surface area contributed by atoms with Crippen LogP contribution in [-0.4, -0.2) is 26.6 Å². The second-order valence-electron chi connectivity index (χ2n) is 6.83. The first-order valence-electron chi connectivity index (χ1n) is 9.87. The molecule has 32 heavy (non-hydrogen) atoms. The average molecular weight is 455 g/mol. The van der Waals surface area contributed by atoms with Crippen molar-refractivity contribution in [2.75, 3.05) is 6.61 Å². The molecule has 4 rings (SSSR count). The van der Waals surface area contributed by atoms with Gasteiger partial charge in [0.25, 0.3) is 0 Å². The fourth-order valence-corrected chi connectivity index (χ4v) is 2.96. The fourth-order valence-electron chi connectivity index (χ4n) is 2.80. The summed E-state index contributed by atoms with van der Waals surface area (Å²) in [4.78, 5) is 4.32. The first-order valence-corrected chi connectivity index (χ1v) is 10.2. The molecule has 0 aliphatic heterocycles. The molecule has 2 aromatic carbocycles. The quantitative estimate of drug-likeness (QED) is 0.313. The van der Waals surface area contributed by atoms with Crippen LogP contribution in [0.3, 0.4) is 0 Å². The number of ether oxygens (including phenoxy) is 2. The van der Waals surface area contributed by atoms with Crippen LogP contribution in [0.2, 0.25) is 5.02 Å². The zero-order chi connectivity index (χ0) is 22.2. The lowest BCUT2D eigenvalue weighted by molar-refractivity contribution is 0.110. The minimum absolute atomic E-state index is 0.250. The van der Waals surface area contributed by atoms with Gasteiger partial charge in [-0.15, -0.1) is 5.10 Å². The smallest absolute Gasteiger partial charge is 0.218 e. The minimum Gasteiger partial charge on any atom is -0.487 e. The third kappa shape index (κ3) is 6.26. The number of benzene rings is 2. The van der Waals surface area contributed by atoms with Gasteiger partial charge in [-0.3, -0.25) is 4.68 Å². The molecule has 0 amide bonds. The fraction of sp³-hybridized carbons (Fsp3) is 0.174. The molecule has 0 atom stereocenters. The Morgan fingerprint density at radius 2 is 1.97 bits per heavy atom.